The van der Waals surface area contributed by atoms with E-state index in [-0.39, 0.29) is 5.69 Å². The molecule has 2 rings (SSSR count). The largest absolute Gasteiger partial charge is 0.497 e. The van der Waals surface area contributed by atoms with Crippen LogP contribution in [0.15, 0.2) is 33.9 Å². The number of benzene rings is 1. The van der Waals surface area contributed by atoms with Crippen LogP contribution < -0.4 is 16.0 Å². The average molecular weight is 289 g/mol. The summed E-state index contributed by atoms with van der Waals surface area (Å²) in [5, 5.41) is 10.9. The fraction of sp³-hybridized carbons (Fsp3) is 0.0769. The zero-order valence-corrected chi connectivity index (χ0v) is 11.0. The van der Waals surface area contributed by atoms with E-state index in [1.165, 1.54) is 19.3 Å². The Labute approximate surface area is 117 Å². The highest BCUT2D eigenvalue weighted by Crippen LogP contribution is 2.15. The molecule has 2 aromatic rings. The minimum Gasteiger partial charge on any atom is -0.497 e. The van der Waals surface area contributed by atoms with Crippen LogP contribution in [0.2, 0.25) is 0 Å². The molecule has 0 amide bonds. The van der Waals surface area contributed by atoms with Gasteiger partial charge >= 0.3 is 16.9 Å². The Morgan fingerprint density at radius 2 is 1.81 bits per heavy atom. The molecule has 21 heavy (non-hydrogen) atoms. The molecule has 1 heterocycles. The van der Waals surface area contributed by atoms with Gasteiger partial charge in [-0.15, -0.1) is 0 Å². The fourth-order valence-corrected chi connectivity index (χ4v) is 1.69. The Bertz CT molecular complexity index is 802. The topological polar surface area (TPSA) is 118 Å². The second-order valence-electron chi connectivity index (χ2n) is 4.03. The molecule has 0 spiro atoms. The summed E-state index contributed by atoms with van der Waals surface area (Å²) in [5.41, 5.74) is -1.99. The second-order valence-corrected chi connectivity index (χ2v) is 4.03. The first-order valence-electron chi connectivity index (χ1n) is 5.84. The van der Waals surface area contributed by atoms with Crippen molar-refractivity contribution >= 4 is 17.8 Å². The quantitative estimate of drug-likeness (QED) is 0.646. The molecule has 0 fully saturated rings. The molecule has 108 valence electrons. The van der Waals surface area contributed by atoms with E-state index in [0.717, 1.165) is 5.56 Å². The normalized spacial score (nSPS) is 10.7. The lowest BCUT2D eigenvalue weighted by Gasteiger charge is -1.99. The molecule has 8 heteroatoms. The van der Waals surface area contributed by atoms with Crippen molar-refractivity contribution in [3.05, 3.63) is 66.5 Å². The molecule has 1 aromatic heterocycles. The van der Waals surface area contributed by atoms with Crippen molar-refractivity contribution in [3.63, 3.8) is 0 Å². The highest BCUT2D eigenvalue weighted by Gasteiger charge is 2.18. The smallest absolute Gasteiger partial charge is 0.357 e. The summed E-state index contributed by atoms with van der Waals surface area (Å²) in [6.07, 6.45) is 2.84. The summed E-state index contributed by atoms with van der Waals surface area (Å²) in [6.45, 7) is 0. The number of nitrogens with zero attached hydrogens (tertiary/aromatic N) is 1. The molecule has 0 saturated carbocycles. The second kappa shape index (κ2) is 5.87. The highest BCUT2D eigenvalue weighted by molar-refractivity contribution is 5.71. The Hall–Kier alpha value is -3.16. The van der Waals surface area contributed by atoms with Gasteiger partial charge in [0, 0.05) is 0 Å². The van der Waals surface area contributed by atoms with Gasteiger partial charge in [0.15, 0.2) is 0 Å². The van der Waals surface area contributed by atoms with Gasteiger partial charge in [0.2, 0.25) is 0 Å². The Balaban J connectivity index is 2.42. The van der Waals surface area contributed by atoms with Crippen molar-refractivity contribution in [2.24, 2.45) is 0 Å². The summed E-state index contributed by atoms with van der Waals surface area (Å²) >= 11 is 0. The molecule has 1 aromatic carbocycles. The Morgan fingerprint density at radius 1 is 1.14 bits per heavy atom. The zero-order valence-electron chi connectivity index (χ0n) is 11.0. The summed E-state index contributed by atoms with van der Waals surface area (Å²) in [6, 6.07) is 6.89. The fourth-order valence-electron chi connectivity index (χ4n) is 1.69. The number of hydrogen-bond acceptors (Lipinski definition) is 5. The van der Waals surface area contributed by atoms with Gasteiger partial charge in [0.05, 0.1) is 12.0 Å². The number of methoxy groups -OCH3 is 1. The summed E-state index contributed by atoms with van der Waals surface area (Å²) in [5.74, 6) is 0.669. The van der Waals surface area contributed by atoms with Crippen LogP contribution in [0.5, 0.6) is 5.75 Å². The number of hydrogen-bond donors (Lipinski definition) is 2. The van der Waals surface area contributed by atoms with Gasteiger partial charge in [-0.05, 0) is 23.8 Å². The lowest BCUT2D eigenvalue weighted by atomic mass is 10.2. The predicted octanol–water partition coefficient (Wildman–Crippen LogP) is 1.15. The SMILES string of the molecule is COc1ccc(/C=C\c2[nH]c(=O)[nH]c(=O)c2[N+](=O)[O-])cc1. The van der Waals surface area contributed by atoms with Crippen LogP contribution in [-0.2, 0) is 0 Å². The van der Waals surface area contributed by atoms with E-state index in [1.807, 2.05) is 4.98 Å². The minimum atomic E-state index is -1.04. The lowest BCUT2D eigenvalue weighted by Crippen LogP contribution is -2.25. The van der Waals surface area contributed by atoms with Gasteiger partial charge in [-0.2, -0.15) is 0 Å². The standard InChI is InChI=1S/C13H11N3O5/c1-21-9-5-2-8(3-6-9)4-7-10-11(16(19)20)12(17)15-13(18)14-10/h2-7H,1H3,(H2,14,15,17,18)/b7-4-. The van der Waals surface area contributed by atoms with E-state index in [0.29, 0.717) is 5.75 Å². The minimum absolute atomic E-state index is 0.162. The number of ether oxygens (including phenoxy) is 1. The van der Waals surface area contributed by atoms with Crippen molar-refractivity contribution < 1.29 is 9.66 Å². The van der Waals surface area contributed by atoms with Crippen molar-refractivity contribution in [3.8, 4) is 5.75 Å². The number of rotatable bonds is 4. The summed E-state index contributed by atoms with van der Waals surface area (Å²) in [7, 11) is 1.54. The van der Waals surface area contributed by atoms with Crippen molar-refractivity contribution in [2.75, 3.05) is 7.11 Å². The summed E-state index contributed by atoms with van der Waals surface area (Å²) in [4.78, 5) is 36.7. The van der Waals surface area contributed by atoms with Crippen molar-refractivity contribution in [1.29, 1.82) is 0 Å². The molecule has 0 saturated heterocycles. The lowest BCUT2D eigenvalue weighted by molar-refractivity contribution is -0.386. The molecule has 8 nitrogen and oxygen atoms in total. The van der Waals surface area contributed by atoms with Gasteiger partial charge in [0.1, 0.15) is 11.4 Å². The Morgan fingerprint density at radius 3 is 2.38 bits per heavy atom. The van der Waals surface area contributed by atoms with Gasteiger partial charge in [0.25, 0.3) is 0 Å². The third kappa shape index (κ3) is 3.24. The molecule has 0 bridgehead atoms. The number of nitro groups is 1. The molecule has 2 N–H and O–H groups in total. The highest BCUT2D eigenvalue weighted by atomic mass is 16.6. The van der Waals surface area contributed by atoms with E-state index in [2.05, 4.69) is 4.98 Å². The van der Waals surface area contributed by atoms with Crippen LogP contribution in [0, 0.1) is 10.1 Å². The number of aromatic amines is 2. The van der Waals surface area contributed by atoms with Crippen LogP contribution in [-0.4, -0.2) is 22.0 Å². The third-order valence-corrected chi connectivity index (χ3v) is 2.69. The molecule has 0 aliphatic heterocycles. The maximum absolute atomic E-state index is 11.4. The Kier molecular flexibility index (Phi) is 3.98. The average Bonchev–Trinajstić information content (AvgIpc) is 2.44. The molecule has 0 atom stereocenters. The predicted molar refractivity (Wildman–Crippen MR) is 76.3 cm³/mol. The maximum Gasteiger partial charge on any atom is 0.357 e. The van der Waals surface area contributed by atoms with Crippen LogP contribution in [0.4, 0.5) is 5.69 Å². The molecular weight excluding hydrogens is 278 g/mol. The van der Waals surface area contributed by atoms with Gasteiger partial charge in [-0.25, -0.2) is 4.79 Å². The summed E-state index contributed by atoms with van der Waals surface area (Å²) < 4.78 is 5.01. The third-order valence-electron chi connectivity index (χ3n) is 2.69. The van der Waals surface area contributed by atoms with Crippen molar-refractivity contribution in [1.82, 2.24) is 9.97 Å². The van der Waals surface area contributed by atoms with E-state index >= 15 is 0 Å². The number of nitrogens with one attached hydrogen (secondary N) is 2. The first-order valence-corrected chi connectivity index (χ1v) is 5.84. The van der Waals surface area contributed by atoms with Crippen LogP contribution in [0.1, 0.15) is 11.3 Å². The number of H-pyrrole nitrogens is 2. The molecular formula is C13H11N3O5. The van der Waals surface area contributed by atoms with E-state index < -0.39 is 21.9 Å². The molecule has 0 aliphatic rings. The van der Waals surface area contributed by atoms with Crippen LogP contribution in [0.25, 0.3) is 12.2 Å². The molecule has 0 aliphatic carbocycles. The zero-order chi connectivity index (χ0) is 15.4. The van der Waals surface area contributed by atoms with Crippen LogP contribution in [0.3, 0.4) is 0 Å². The van der Waals surface area contributed by atoms with Gasteiger partial charge < -0.3 is 9.72 Å². The van der Waals surface area contributed by atoms with Gasteiger partial charge in [-0.3, -0.25) is 19.9 Å². The maximum atomic E-state index is 11.4. The first-order chi connectivity index (χ1) is 10.0. The molecule has 0 radical (unpaired) electrons. The van der Waals surface area contributed by atoms with E-state index in [1.54, 1.807) is 24.3 Å². The van der Waals surface area contributed by atoms with E-state index in [4.69, 9.17) is 4.74 Å². The van der Waals surface area contributed by atoms with Gasteiger partial charge in [-0.1, -0.05) is 18.2 Å². The van der Waals surface area contributed by atoms with Crippen LogP contribution >= 0.6 is 0 Å². The first kappa shape index (κ1) is 14.3. The molecule has 0 unspecified atom stereocenters. The van der Waals surface area contributed by atoms with E-state index in [9.17, 15) is 19.7 Å². The van der Waals surface area contributed by atoms with Crippen molar-refractivity contribution in [2.45, 2.75) is 0 Å². The number of aromatic nitrogens is 2. The monoisotopic (exact) mass is 289 g/mol.